The van der Waals surface area contributed by atoms with E-state index in [4.69, 9.17) is 14.6 Å². The Bertz CT molecular complexity index is 1230. The smallest absolute Gasteiger partial charge is 0.255 e. The van der Waals surface area contributed by atoms with Gasteiger partial charge in [0.2, 0.25) is 0 Å². The summed E-state index contributed by atoms with van der Waals surface area (Å²) in [6.45, 7) is 1.85. The minimum absolute atomic E-state index is 0.164. The fourth-order valence-corrected chi connectivity index (χ4v) is 3.33. The summed E-state index contributed by atoms with van der Waals surface area (Å²) in [6.07, 6.45) is 0. The van der Waals surface area contributed by atoms with Crippen molar-refractivity contribution in [3.63, 3.8) is 0 Å². The number of amides is 1. The zero-order valence-electron chi connectivity index (χ0n) is 18.4. The van der Waals surface area contributed by atoms with Gasteiger partial charge in [-0.25, -0.2) is 9.97 Å². The molecule has 2 N–H and O–H groups in total. The van der Waals surface area contributed by atoms with E-state index < -0.39 is 0 Å². The Balaban J connectivity index is 0.00000141. The molecular weight excluding hydrogens is 406 g/mol. The van der Waals surface area contributed by atoms with Gasteiger partial charge in [-0.15, -0.1) is 0 Å². The monoisotopic (exact) mass is 431 g/mol. The van der Waals surface area contributed by atoms with Gasteiger partial charge in [-0.1, -0.05) is 30.3 Å². The molecule has 1 aromatic heterocycles. The number of fused-ring (bicyclic) bond motifs is 1. The maximum absolute atomic E-state index is 12.5. The quantitative estimate of drug-likeness (QED) is 0.484. The number of hydrogen-bond acceptors (Lipinski definition) is 6. The summed E-state index contributed by atoms with van der Waals surface area (Å²) >= 11 is 0. The van der Waals surface area contributed by atoms with E-state index >= 15 is 0 Å². The van der Waals surface area contributed by atoms with Gasteiger partial charge in [-0.3, -0.25) is 4.79 Å². The Hall–Kier alpha value is -3.97. The van der Waals surface area contributed by atoms with Crippen LogP contribution in [0.3, 0.4) is 0 Å². The standard InChI is InChI=1S/C24H21N3O3.CH4O/c1-15-25-20-14-22(30-3)21(29-2)13-19(20)23(26-15)17-10-7-11-18(12-17)27-24(28)16-8-5-4-6-9-16;1-2/h4-14H,1-3H3,(H,27,28);2H,1H3. The highest BCUT2D eigenvalue weighted by Gasteiger charge is 2.14. The van der Waals surface area contributed by atoms with Crippen LogP contribution < -0.4 is 14.8 Å². The Morgan fingerprint density at radius 2 is 1.56 bits per heavy atom. The summed E-state index contributed by atoms with van der Waals surface area (Å²) < 4.78 is 10.9. The van der Waals surface area contributed by atoms with E-state index in [0.29, 0.717) is 28.6 Å². The molecule has 0 saturated carbocycles. The molecule has 0 aliphatic rings. The van der Waals surface area contributed by atoms with Gasteiger partial charge < -0.3 is 19.9 Å². The first kappa shape index (κ1) is 22.7. The highest BCUT2D eigenvalue weighted by Crippen LogP contribution is 2.36. The number of aromatic nitrogens is 2. The van der Waals surface area contributed by atoms with Crippen LogP contribution >= 0.6 is 0 Å². The molecule has 0 radical (unpaired) electrons. The number of nitrogens with one attached hydrogen (secondary N) is 1. The van der Waals surface area contributed by atoms with Crippen molar-refractivity contribution in [2.75, 3.05) is 26.6 Å². The normalized spacial score (nSPS) is 10.2. The number of carbonyl (C=O) groups excluding carboxylic acids is 1. The first-order valence-corrected chi connectivity index (χ1v) is 9.91. The molecule has 0 aliphatic heterocycles. The van der Waals surface area contributed by atoms with E-state index in [-0.39, 0.29) is 5.91 Å². The van der Waals surface area contributed by atoms with Gasteiger partial charge >= 0.3 is 0 Å². The van der Waals surface area contributed by atoms with E-state index in [2.05, 4.69) is 15.3 Å². The average molecular weight is 431 g/mol. The molecule has 1 heterocycles. The molecule has 3 aromatic carbocycles. The SMILES string of the molecule is CO.COc1cc2nc(C)nc(-c3cccc(NC(=O)c4ccccc4)c3)c2cc1OC. The van der Waals surface area contributed by atoms with Crippen molar-refractivity contribution in [1.29, 1.82) is 0 Å². The van der Waals surface area contributed by atoms with Crippen molar-refractivity contribution in [3.8, 4) is 22.8 Å². The summed E-state index contributed by atoms with van der Waals surface area (Å²) in [6, 6.07) is 20.4. The highest BCUT2D eigenvalue weighted by atomic mass is 16.5. The summed E-state index contributed by atoms with van der Waals surface area (Å²) in [5.74, 6) is 1.69. The van der Waals surface area contributed by atoms with Crippen LogP contribution in [0.1, 0.15) is 16.2 Å². The molecule has 1 amide bonds. The van der Waals surface area contributed by atoms with Crippen LogP contribution in [0.15, 0.2) is 66.7 Å². The van der Waals surface area contributed by atoms with Crippen molar-refractivity contribution >= 4 is 22.5 Å². The molecule has 0 saturated heterocycles. The van der Waals surface area contributed by atoms with Gasteiger partial charge in [-0.2, -0.15) is 0 Å². The molecule has 0 fully saturated rings. The van der Waals surface area contributed by atoms with Crippen LogP contribution in [0.4, 0.5) is 5.69 Å². The molecule has 0 atom stereocenters. The number of methoxy groups -OCH3 is 2. The third-order valence-electron chi connectivity index (χ3n) is 4.74. The van der Waals surface area contributed by atoms with Crippen LogP contribution in [-0.4, -0.2) is 42.3 Å². The minimum Gasteiger partial charge on any atom is -0.493 e. The highest BCUT2D eigenvalue weighted by molar-refractivity contribution is 6.04. The largest absolute Gasteiger partial charge is 0.493 e. The van der Waals surface area contributed by atoms with Gasteiger partial charge in [0.25, 0.3) is 5.91 Å². The van der Waals surface area contributed by atoms with Crippen molar-refractivity contribution in [1.82, 2.24) is 9.97 Å². The van der Waals surface area contributed by atoms with Crippen LogP contribution in [0.2, 0.25) is 0 Å². The summed E-state index contributed by atoms with van der Waals surface area (Å²) in [5, 5.41) is 10.8. The Labute approximate surface area is 186 Å². The van der Waals surface area contributed by atoms with E-state index in [1.54, 1.807) is 26.4 Å². The lowest BCUT2D eigenvalue weighted by atomic mass is 10.0. The van der Waals surface area contributed by atoms with Gasteiger partial charge in [0.15, 0.2) is 11.5 Å². The van der Waals surface area contributed by atoms with Crippen molar-refractivity contribution in [2.24, 2.45) is 0 Å². The van der Waals surface area contributed by atoms with Gasteiger partial charge in [0, 0.05) is 35.4 Å². The number of carbonyl (C=O) groups is 1. The molecule has 0 bridgehead atoms. The van der Waals surface area contributed by atoms with Gasteiger partial charge in [0.05, 0.1) is 25.4 Å². The molecule has 4 aromatic rings. The number of rotatable bonds is 5. The fourth-order valence-electron chi connectivity index (χ4n) is 3.33. The van der Waals surface area contributed by atoms with E-state index in [9.17, 15) is 4.79 Å². The van der Waals surface area contributed by atoms with Crippen molar-refractivity contribution < 1.29 is 19.4 Å². The lowest BCUT2D eigenvalue weighted by molar-refractivity contribution is 0.102. The lowest BCUT2D eigenvalue weighted by Crippen LogP contribution is -2.11. The van der Waals surface area contributed by atoms with Crippen molar-refractivity contribution in [3.05, 3.63) is 78.1 Å². The molecule has 0 spiro atoms. The Morgan fingerprint density at radius 1 is 0.875 bits per heavy atom. The number of benzene rings is 3. The second-order valence-corrected chi connectivity index (χ2v) is 6.74. The first-order chi connectivity index (χ1) is 15.6. The molecule has 7 heteroatoms. The zero-order chi connectivity index (χ0) is 23.1. The average Bonchev–Trinajstić information content (AvgIpc) is 2.84. The number of anilines is 1. The van der Waals surface area contributed by atoms with Gasteiger partial charge in [-0.05, 0) is 37.3 Å². The van der Waals surface area contributed by atoms with Crippen LogP contribution in [0, 0.1) is 6.92 Å². The summed E-state index contributed by atoms with van der Waals surface area (Å²) in [7, 11) is 4.19. The molecule has 0 unspecified atom stereocenters. The number of ether oxygens (including phenoxy) is 2. The zero-order valence-corrected chi connectivity index (χ0v) is 18.4. The molecular formula is C25H25N3O4. The Morgan fingerprint density at radius 3 is 2.25 bits per heavy atom. The second-order valence-electron chi connectivity index (χ2n) is 6.74. The third kappa shape index (κ3) is 4.84. The maximum atomic E-state index is 12.5. The molecule has 32 heavy (non-hydrogen) atoms. The number of aryl methyl sites for hydroxylation is 1. The van der Waals surface area contributed by atoms with Crippen molar-refractivity contribution in [2.45, 2.75) is 6.92 Å². The molecule has 7 nitrogen and oxygen atoms in total. The maximum Gasteiger partial charge on any atom is 0.255 e. The summed E-state index contributed by atoms with van der Waals surface area (Å²) in [4.78, 5) is 21.7. The van der Waals surface area contributed by atoms with Crippen LogP contribution in [0.25, 0.3) is 22.2 Å². The molecule has 4 rings (SSSR count). The van der Waals surface area contributed by atoms with Crippen LogP contribution in [-0.2, 0) is 0 Å². The second kappa shape index (κ2) is 10.4. The number of aliphatic hydroxyl groups excluding tert-OH is 1. The van der Waals surface area contributed by atoms with Crippen LogP contribution in [0.5, 0.6) is 11.5 Å². The number of aliphatic hydroxyl groups is 1. The third-order valence-corrected chi connectivity index (χ3v) is 4.74. The van der Waals surface area contributed by atoms with E-state index in [1.807, 2.05) is 61.5 Å². The first-order valence-electron chi connectivity index (χ1n) is 9.91. The Kier molecular flexibility index (Phi) is 7.36. The predicted octanol–water partition coefficient (Wildman–Crippen LogP) is 4.48. The number of hydrogen-bond donors (Lipinski definition) is 2. The lowest BCUT2D eigenvalue weighted by Gasteiger charge is -2.13. The topological polar surface area (TPSA) is 93.6 Å². The van der Waals surface area contributed by atoms with E-state index in [0.717, 1.165) is 29.3 Å². The predicted molar refractivity (Wildman–Crippen MR) is 125 cm³/mol. The van der Waals surface area contributed by atoms with E-state index in [1.165, 1.54) is 0 Å². The fraction of sp³-hybridized carbons (Fsp3) is 0.160. The van der Waals surface area contributed by atoms with Gasteiger partial charge in [0.1, 0.15) is 5.82 Å². The number of nitrogens with zero attached hydrogens (tertiary/aromatic N) is 2. The summed E-state index contributed by atoms with van der Waals surface area (Å²) in [5.41, 5.74) is 3.67. The molecule has 0 aliphatic carbocycles. The minimum atomic E-state index is -0.164. The molecule has 164 valence electrons.